The highest BCUT2D eigenvalue weighted by Crippen LogP contribution is 2.31. The first-order valence-electron chi connectivity index (χ1n) is 7.60. The van der Waals surface area contributed by atoms with Crippen molar-refractivity contribution in [2.75, 3.05) is 11.1 Å². The first-order chi connectivity index (χ1) is 11.1. The Hall–Kier alpha value is -1.41. The minimum absolute atomic E-state index is 0.0582. The van der Waals surface area contributed by atoms with Gasteiger partial charge in [0.05, 0.1) is 11.8 Å². The van der Waals surface area contributed by atoms with E-state index >= 15 is 0 Å². The Morgan fingerprint density at radius 2 is 2.22 bits per heavy atom. The molecule has 1 amide bonds. The summed E-state index contributed by atoms with van der Waals surface area (Å²) in [7, 11) is 0. The van der Waals surface area contributed by atoms with Crippen molar-refractivity contribution < 1.29 is 4.79 Å². The molecule has 0 radical (unpaired) electrons. The fourth-order valence-electron chi connectivity index (χ4n) is 2.70. The van der Waals surface area contributed by atoms with Crippen molar-refractivity contribution in [1.82, 2.24) is 20.2 Å². The lowest BCUT2D eigenvalue weighted by Crippen LogP contribution is -2.16. The minimum atomic E-state index is -0.0582. The molecule has 0 bridgehead atoms. The number of rotatable bonds is 5. The summed E-state index contributed by atoms with van der Waals surface area (Å²) in [6.45, 7) is 1.97. The Morgan fingerprint density at radius 1 is 1.43 bits per heavy atom. The maximum absolute atomic E-state index is 12.2. The Kier molecular flexibility index (Phi) is 5.32. The summed E-state index contributed by atoms with van der Waals surface area (Å²) in [5, 5.41) is 15.5. The van der Waals surface area contributed by atoms with E-state index in [1.807, 2.05) is 29.8 Å². The number of thioether (sulfide) groups is 1. The number of nitrogens with one attached hydrogen (secondary N) is 1. The number of tetrazole rings is 1. The van der Waals surface area contributed by atoms with Crippen molar-refractivity contribution in [2.45, 2.75) is 43.8 Å². The molecule has 3 rings (SSSR count). The molecular weight excluding hydrogens is 378 g/mol. The van der Waals surface area contributed by atoms with Gasteiger partial charge in [-0.25, -0.2) is 4.68 Å². The molecule has 0 unspecified atom stereocenters. The molecule has 1 aromatic heterocycles. The number of benzene rings is 1. The number of hydrogen-bond donors (Lipinski definition) is 1. The fourth-order valence-corrected chi connectivity index (χ4v) is 3.81. The highest BCUT2D eigenvalue weighted by molar-refractivity contribution is 9.10. The third-order valence-corrected chi connectivity index (χ3v) is 5.37. The summed E-state index contributed by atoms with van der Waals surface area (Å²) < 4.78 is 2.81. The second-order valence-corrected chi connectivity index (χ2v) is 7.50. The van der Waals surface area contributed by atoms with Gasteiger partial charge < -0.3 is 5.32 Å². The Balaban J connectivity index is 1.59. The maximum Gasteiger partial charge on any atom is 0.234 e. The first-order valence-corrected chi connectivity index (χ1v) is 9.38. The van der Waals surface area contributed by atoms with E-state index in [9.17, 15) is 4.79 Å². The van der Waals surface area contributed by atoms with E-state index in [0.29, 0.717) is 11.8 Å². The van der Waals surface area contributed by atoms with Crippen LogP contribution >= 0.6 is 27.7 Å². The van der Waals surface area contributed by atoms with Crippen LogP contribution in [0.2, 0.25) is 0 Å². The SMILES string of the molecule is Cc1ccc(Br)cc1NC(=O)CSc1nnnn1C1CCCC1. The van der Waals surface area contributed by atoms with Crippen LogP contribution in [0, 0.1) is 6.92 Å². The molecule has 0 atom stereocenters. The van der Waals surface area contributed by atoms with Crippen LogP contribution in [-0.4, -0.2) is 31.9 Å². The smallest absolute Gasteiger partial charge is 0.234 e. The van der Waals surface area contributed by atoms with Crippen LogP contribution in [0.3, 0.4) is 0 Å². The van der Waals surface area contributed by atoms with Crippen molar-refractivity contribution in [3.63, 3.8) is 0 Å². The van der Waals surface area contributed by atoms with Crippen molar-refractivity contribution in [2.24, 2.45) is 0 Å². The predicted octanol–water partition coefficient (Wildman–Crippen LogP) is 3.59. The zero-order chi connectivity index (χ0) is 16.2. The Morgan fingerprint density at radius 3 is 3.00 bits per heavy atom. The van der Waals surface area contributed by atoms with Gasteiger partial charge in [-0.05, 0) is 47.9 Å². The van der Waals surface area contributed by atoms with Crippen molar-refractivity contribution >= 4 is 39.3 Å². The molecule has 1 saturated carbocycles. The van der Waals surface area contributed by atoms with Gasteiger partial charge >= 0.3 is 0 Å². The maximum atomic E-state index is 12.2. The van der Waals surface area contributed by atoms with E-state index in [1.165, 1.54) is 24.6 Å². The van der Waals surface area contributed by atoms with Crippen LogP contribution in [0.5, 0.6) is 0 Å². The largest absolute Gasteiger partial charge is 0.325 e. The molecule has 1 heterocycles. The zero-order valence-corrected chi connectivity index (χ0v) is 15.2. The van der Waals surface area contributed by atoms with Gasteiger partial charge in [-0.15, -0.1) is 5.10 Å². The molecule has 1 aliphatic carbocycles. The number of carbonyl (C=O) groups is 1. The van der Waals surface area contributed by atoms with Gasteiger partial charge in [-0.1, -0.05) is 46.6 Å². The summed E-state index contributed by atoms with van der Waals surface area (Å²) in [5.41, 5.74) is 1.85. The first kappa shape index (κ1) is 16.4. The molecule has 0 saturated heterocycles. The monoisotopic (exact) mass is 395 g/mol. The van der Waals surface area contributed by atoms with E-state index in [4.69, 9.17) is 0 Å². The molecule has 122 valence electrons. The minimum Gasteiger partial charge on any atom is -0.325 e. The zero-order valence-electron chi connectivity index (χ0n) is 12.8. The van der Waals surface area contributed by atoms with Crippen LogP contribution in [0.1, 0.15) is 37.3 Å². The molecule has 1 fully saturated rings. The number of carbonyl (C=O) groups excluding carboxylic acids is 1. The Bertz CT molecular complexity index is 699. The lowest BCUT2D eigenvalue weighted by molar-refractivity contribution is -0.113. The second kappa shape index (κ2) is 7.44. The van der Waals surface area contributed by atoms with Gasteiger partial charge in [0, 0.05) is 10.2 Å². The van der Waals surface area contributed by atoms with Gasteiger partial charge in [0.1, 0.15) is 0 Å². The summed E-state index contributed by atoms with van der Waals surface area (Å²) in [4.78, 5) is 12.2. The number of aryl methyl sites for hydroxylation is 1. The number of nitrogens with zero attached hydrogens (tertiary/aromatic N) is 4. The lowest BCUT2D eigenvalue weighted by Gasteiger charge is -2.11. The van der Waals surface area contributed by atoms with E-state index in [-0.39, 0.29) is 5.91 Å². The topological polar surface area (TPSA) is 72.7 Å². The molecule has 1 aromatic carbocycles. The number of amides is 1. The molecule has 1 N–H and O–H groups in total. The van der Waals surface area contributed by atoms with E-state index in [1.54, 1.807) is 0 Å². The van der Waals surface area contributed by atoms with Gasteiger partial charge in [0.2, 0.25) is 11.1 Å². The lowest BCUT2D eigenvalue weighted by atomic mass is 10.2. The van der Waals surface area contributed by atoms with Crippen LogP contribution in [-0.2, 0) is 4.79 Å². The standard InChI is InChI=1S/C15H18BrN5OS/c1-10-6-7-11(16)8-13(10)17-14(22)9-23-15-18-19-20-21(15)12-4-2-3-5-12/h6-8,12H,2-5,9H2,1H3,(H,17,22). The van der Waals surface area contributed by atoms with Crippen molar-refractivity contribution in [1.29, 1.82) is 0 Å². The van der Waals surface area contributed by atoms with Gasteiger partial charge in [-0.3, -0.25) is 4.79 Å². The van der Waals surface area contributed by atoms with Gasteiger partial charge in [-0.2, -0.15) is 0 Å². The normalized spacial score (nSPS) is 15.0. The molecule has 0 aliphatic heterocycles. The molecule has 0 spiro atoms. The average molecular weight is 396 g/mol. The third-order valence-electron chi connectivity index (χ3n) is 3.94. The second-order valence-electron chi connectivity index (χ2n) is 5.64. The summed E-state index contributed by atoms with van der Waals surface area (Å²) in [6, 6.07) is 6.20. The van der Waals surface area contributed by atoms with E-state index in [2.05, 4.69) is 36.8 Å². The average Bonchev–Trinajstić information content (AvgIpc) is 3.19. The molecule has 6 nitrogen and oxygen atoms in total. The number of aromatic nitrogens is 4. The van der Waals surface area contributed by atoms with Crippen LogP contribution in [0.25, 0.3) is 0 Å². The number of halogens is 1. The highest BCUT2D eigenvalue weighted by Gasteiger charge is 2.22. The molecule has 1 aliphatic rings. The van der Waals surface area contributed by atoms with Gasteiger partial charge in [0.15, 0.2) is 0 Å². The fraction of sp³-hybridized carbons (Fsp3) is 0.467. The quantitative estimate of drug-likeness (QED) is 0.782. The molecule has 2 aromatic rings. The van der Waals surface area contributed by atoms with Gasteiger partial charge in [0.25, 0.3) is 0 Å². The molecule has 23 heavy (non-hydrogen) atoms. The van der Waals surface area contributed by atoms with Crippen LogP contribution in [0.4, 0.5) is 5.69 Å². The third kappa shape index (κ3) is 4.11. The summed E-state index contributed by atoms with van der Waals surface area (Å²) >= 11 is 4.80. The molecular formula is C15H18BrN5OS. The van der Waals surface area contributed by atoms with E-state index in [0.717, 1.165) is 33.7 Å². The Labute approximate surface area is 147 Å². The van der Waals surface area contributed by atoms with Crippen molar-refractivity contribution in [3.8, 4) is 0 Å². The highest BCUT2D eigenvalue weighted by atomic mass is 79.9. The summed E-state index contributed by atoms with van der Waals surface area (Å²) in [5.74, 6) is 0.233. The van der Waals surface area contributed by atoms with Crippen molar-refractivity contribution in [3.05, 3.63) is 28.2 Å². The molecule has 8 heteroatoms. The number of hydrogen-bond acceptors (Lipinski definition) is 5. The van der Waals surface area contributed by atoms with E-state index < -0.39 is 0 Å². The van der Waals surface area contributed by atoms with Crippen LogP contribution in [0.15, 0.2) is 27.8 Å². The number of anilines is 1. The van der Waals surface area contributed by atoms with Crippen LogP contribution < -0.4 is 5.32 Å². The predicted molar refractivity (Wildman–Crippen MR) is 93.6 cm³/mol. The summed E-state index contributed by atoms with van der Waals surface area (Å²) in [6.07, 6.45) is 4.67.